The van der Waals surface area contributed by atoms with Crippen molar-refractivity contribution in [1.29, 1.82) is 0 Å². The average Bonchev–Trinajstić information content (AvgIpc) is 2.37. The molecule has 0 aromatic heterocycles. The molecule has 0 bridgehead atoms. The first-order chi connectivity index (χ1) is 9.65. The topological polar surface area (TPSA) is 63.7 Å². The van der Waals surface area contributed by atoms with Gasteiger partial charge in [0.1, 0.15) is 0 Å². The SMILES string of the molecule is CCOC(=O)[C@@H]1CCCN(S(=O)(=O)CCCC(F)(F)F)C1. The smallest absolute Gasteiger partial charge is 0.389 e. The standard InChI is InChI=1S/C12H20F3NO4S/c1-2-20-11(17)10-5-3-7-16(9-10)21(18,19)8-4-6-12(13,14)15/h10H,2-9H2,1H3/t10-/m1/s1. The van der Waals surface area contributed by atoms with Crippen molar-refractivity contribution in [3.05, 3.63) is 0 Å². The Hall–Kier alpha value is -0.830. The summed E-state index contributed by atoms with van der Waals surface area (Å²) in [7, 11) is -3.76. The molecule has 0 unspecified atom stereocenters. The minimum atomic E-state index is -4.36. The highest BCUT2D eigenvalue weighted by Crippen LogP contribution is 2.24. The Morgan fingerprint density at radius 1 is 1.38 bits per heavy atom. The molecule has 0 saturated carbocycles. The number of hydrogen-bond donors (Lipinski definition) is 0. The first kappa shape index (κ1) is 18.2. The molecule has 1 heterocycles. The Kier molecular flexibility index (Phi) is 6.45. The number of esters is 1. The number of halogens is 3. The summed E-state index contributed by atoms with van der Waals surface area (Å²) in [6.45, 7) is 2.11. The Morgan fingerprint density at radius 3 is 2.62 bits per heavy atom. The minimum Gasteiger partial charge on any atom is -0.466 e. The molecule has 9 heteroatoms. The van der Waals surface area contributed by atoms with E-state index in [0.717, 1.165) is 4.31 Å². The van der Waals surface area contributed by atoms with E-state index in [4.69, 9.17) is 4.74 Å². The normalized spacial score (nSPS) is 21.2. The van der Waals surface area contributed by atoms with Crippen molar-refractivity contribution in [3.63, 3.8) is 0 Å². The van der Waals surface area contributed by atoms with E-state index in [1.807, 2.05) is 0 Å². The Bertz CT molecular complexity index is 450. The van der Waals surface area contributed by atoms with Crippen molar-refractivity contribution in [2.24, 2.45) is 5.92 Å². The molecule has 0 aliphatic carbocycles. The van der Waals surface area contributed by atoms with Gasteiger partial charge in [-0.15, -0.1) is 0 Å². The largest absolute Gasteiger partial charge is 0.466 e. The predicted octanol–water partition coefficient (Wildman–Crippen LogP) is 1.93. The van der Waals surface area contributed by atoms with Crippen LogP contribution in [0.1, 0.15) is 32.6 Å². The first-order valence-corrected chi connectivity index (χ1v) is 8.48. The number of sulfonamides is 1. The molecule has 5 nitrogen and oxygen atoms in total. The summed E-state index contributed by atoms with van der Waals surface area (Å²) in [6.07, 6.45) is -4.91. The number of piperidine rings is 1. The van der Waals surface area contributed by atoms with Gasteiger partial charge in [0.2, 0.25) is 10.0 Å². The van der Waals surface area contributed by atoms with Gasteiger partial charge in [-0.1, -0.05) is 0 Å². The number of carbonyl (C=O) groups excluding carboxylic acids is 1. The van der Waals surface area contributed by atoms with Crippen LogP contribution in [0.4, 0.5) is 13.2 Å². The van der Waals surface area contributed by atoms with Crippen LogP contribution < -0.4 is 0 Å². The lowest BCUT2D eigenvalue weighted by Gasteiger charge is -2.30. The quantitative estimate of drug-likeness (QED) is 0.698. The summed E-state index contributed by atoms with van der Waals surface area (Å²) >= 11 is 0. The molecule has 1 saturated heterocycles. The van der Waals surface area contributed by atoms with Crippen molar-refractivity contribution < 1.29 is 31.1 Å². The Morgan fingerprint density at radius 2 is 2.05 bits per heavy atom. The summed E-state index contributed by atoms with van der Waals surface area (Å²) in [5.41, 5.74) is 0. The Balaban J connectivity index is 2.56. The predicted molar refractivity (Wildman–Crippen MR) is 70.0 cm³/mol. The molecule has 21 heavy (non-hydrogen) atoms. The minimum absolute atomic E-state index is 0.00676. The lowest BCUT2D eigenvalue weighted by molar-refractivity contribution is -0.149. The lowest BCUT2D eigenvalue weighted by atomic mass is 10.0. The molecule has 1 fully saturated rings. The van der Waals surface area contributed by atoms with E-state index in [1.165, 1.54) is 0 Å². The van der Waals surface area contributed by atoms with Gasteiger partial charge in [0, 0.05) is 19.5 Å². The first-order valence-electron chi connectivity index (χ1n) is 6.87. The van der Waals surface area contributed by atoms with Crippen LogP contribution in [0.2, 0.25) is 0 Å². The van der Waals surface area contributed by atoms with Gasteiger partial charge in [0.15, 0.2) is 0 Å². The van der Waals surface area contributed by atoms with Crippen molar-refractivity contribution in [2.45, 2.75) is 38.8 Å². The molecule has 124 valence electrons. The third kappa shape index (κ3) is 6.21. The van der Waals surface area contributed by atoms with E-state index in [-0.39, 0.29) is 19.7 Å². The van der Waals surface area contributed by atoms with Gasteiger partial charge in [-0.25, -0.2) is 12.7 Å². The van der Waals surface area contributed by atoms with Crippen LogP contribution in [-0.4, -0.2) is 50.3 Å². The summed E-state index contributed by atoms with van der Waals surface area (Å²) in [5.74, 6) is -1.54. The third-order valence-electron chi connectivity index (χ3n) is 3.26. The maximum Gasteiger partial charge on any atom is 0.389 e. The van der Waals surface area contributed by atoms with E-state index >= 15 is 0 Å². The van der Waals surface area contributed by atoms with E-state index in [9.17, 15) is 26.4 Å². The average molecular weight is 331 g/mol. The second-order valence-corrected chi connectivity index (χ2v) is 7.07. The summed E-state index contributed by atoms with van der Waals surface area (Å²) in [4.78, 5) is 11.6. The fraction of sp³-hybridized carbons (Fsp3) is 0.917. The summed E-state index contributed by atoms with van der Waals surface area (Å²) in [6, 6.07) is 0. The number of carbonyl (C=O) groups is 1. The second kappa shape index (κ2) is 7.44. The van der Waals surface area contributed by atoms with Crippen LogP contribution >= 0.6 is 0 Å². The zero-order valence-corrected chi connectivity index (χ0v) is 12.7. The third-order valence-corrected chi connectivity index (χ3v) is 5.18. The van der Waals surface area contributed by atoms with Gasteiger partial charge in [-0.3, -0.25) is 4.79 Å². The van der Waals surface area contributed by atoms with Gasteiger partial charge in [0.05, 0.1) is 18.3 Å². The zero-order chi connectivity index (χ0) is 16.1. The van der Waals surface area contributed by atoms with Gasteiger partial charge in [0.25, 0.3) is 0 Å². The lowest BCUT2D eigenvalue weighted by Crippen LogP contribution is -2.43. The maximum absolute atomic E-state index is 12.1. The van der Waals surface area contributed by atoms with E-state index in [0.29, 0.717) is 12.8 Å². The van der Waals surface area contributed by atoms with Crippen LogP contribution in [0.25, 0.3) is 0 Å². The van der Waals surface area contributed by atoms with E-state index in [2.05, 4.69) is 0 Å². The molecule has 1 aliphatic heterocycles. The molecule has 0 aromatic rings. The molecular weight excluding hydrogens is 311 g/mol. The molecule has 1 atom stereocenters. The highest BCUT2D eigenvalue weighted by molar-refractivity contribution is 7.89. The van der Waals surface area contributed by atoms with E-state index in [1.54, 1.807) is 6.92 Å². The summed E-state index contributed by atoms with van der Waals surface area (Å²) < 4.78 is 66.1. The van der Waals surface area contributed by atoms with Crippen LogP contribution in [0.3, 0.4) is 0 Å². The fourth-order valence-corrected chi connectivity index (χ4v) is 3.81. The van der Waals surface area contributed by atoms with Crippen LogP contribution in [0, 0.1) is 5.92 Å². The number of rotatable bonds is 6. The molecule has 1 aliphatic rings. The van der Waals surface area contributed by atoms with Crippen LogP contribution in [0.5, 0.6) is 0 Å². The Labute approximate surface area is 122 Å². The second-order valence-electron chi connectivity index (χ2n) is 4.98. The van der Waals surface area contributed by atoms with E-state index < -0.39 is 46.7 Å². The van der Waals surface area contributed by atoms with Gasteiger partial charge < -0.3 is 4.74 Å². The van der Waals surface area contributed by atoms with Crippen LogP contribution in [0.15, 0.2) is 0 Å². The molecule has 0 amide bonds. The number of alkyl halides is 3. The number of hydrogen-bond acceptors (Lipinski definition) is 4. The molecule has 0 spiro atoms. The number of nitrogens with zero attached hydrogens (tertiary/aromatic N) is 1. The van der Waals surface area contributed by atoms with Crippen molar-refractivity contribution in [3.8, 4) is 0 Å². The van der Waals surface area contributed by atoms with Crippen molar-refractivity contribution >= 4 is 16.0 Å². The highest BCUT2D eigenvalue weighted by atomic mass is 32.2. The number of ether oxygens (including phenoxy) is 1. The monoisotopic (exact) mass is 331 g/mol. The van der Waals surface area contributed by atoms with Gasteiger partial charge >= 0.3 is 12.1 Å². The van der Waals surface area contributed by atoms with Crippen molar-refractivity contribution in [1.82, 2.24) is 4.31 Å². The zero-order valence-electron chi connectivity index (χ0n) is 11.9. The van der Waals surface area contributed by atoms with Crippen LogP contribution in [-0.2, 0) is 19.6 Å². The van der Waals surface area contributed by atoms with Gasteiger partial charge in [-0.2, -0.15) is 13.2 Å². The fourth-order valence-electron chi connectivity index (χ4n) is 2.23. The molecule has 1 rings (SSSR count). The molecule has 0 N–H and O–H groups in total. The molecular formula is C12H20F3NO4S. The van der Waals surface area contributed by atoms with Gasteiger partial charge in [-0.05, 0) is 26.2 Å². The highest BCUT2D eigenvalue weighted by Gasteiger charge is 2.34. The summed E-state index contributed by atoms with van der Waals surface area (Å²) in [5, 5.41) is 0. The molecule has 0 radical (unpaired) electrons. The molecule has 0 aromatic carbocycles. The van der Waals surface area contributed by atoms with Crippen molar-refractivity contribution in [2.75, 3.05) is 25.4 Å². The maximum atomic E-state index is 12.1.